The molecule has 3 aromatic rings. The number of nitrogens with one attached hydrogen (secondary N) is 1. The molecule has 0 saturated heterocycles. The number of para-hydroxylation sites is 1. The zero-order chi connectivity index (χ0) is 13.1. The number of anilines is 1. The molecular formula is C14H10N4O. The number of carbonyl (C=O) groups excluding carboxylic acids is 1. The molecule has 0 aliphatic carbocycles. The first-order chi connectivity index (χ1) is 9.34. The molecule has 0 spiro atoms. The van der Waals surface area contributed by atoms with Crippen LogP contribution in [0.4, 0.5) is 5.69 Å². The summed E-state index contributed by atoms with van der Waals surface area (Å²) in [7, 11) is 0. The van der Waals surface area contributed by atoms with E-state index in [2.05, 4.69) is 20.3 Å². The Kier molecular flexibility index (Phi) is 2.86. The Balaban J connectivity index is 1.96. The number of carbonyl (C=O) groups is 1. The molecule has 0 atom stereocenters. The lowest BCUT2D eigenvalue weighted by atomic mass is 10.2. The van der Waals surface area contributed by atoms with Gasteiger partial charge in [-0.15, -0.1) is 0 Å². The number of nitrogens with zero attached hydrogens (tertiary/aromatic N) is 3. The average molecular weight is 250 g/mol. The fourth-order valence-electron chi connectivity index (χ4n) is 1.82. The molecule has 0 bridgehead atoms. The second-order valence-electron chi connectivity index (χ2n) is 3.96. The van der Waals surface area contributed by atoms with Gasteiger partial charge in [-0.05, 0) is 12.1 Å². The monoisotopic (exact) mass is 250 g/mol. The maximum atomic E-state index is 12.0. The van der Waals surface area contributed by atoms with Crippen molar-refractivity contribution in [1.29, 1.82) is 0 Å². The van der Waals surface area contributed by atoms with Crippen LogP contribution in [0.3, 0.4) is 0 Å². The number of amides is 1. The van der Waals surface area contributed by atoms with Crippen LogP contribution >= 0.6 is 0 Å². The van der Waals surface area contributed by atoms with E-state index in [4.69, 9.17) is 0 Å². The van der Waals surface area contributed by atoms with Crippen LogP contribution in [0.2, 0.25) is 0 Å². The van der Waals surface area contributed by atoms with Gasteiger partial charge in [-0.2, -0.15) is 0 Å². The highest BCUT2D eigenvalue weighted by Crippen LogP contribution is 2.20. The van der Waals surface area contributed by atoms with Crippen LogP contribution in [-0.4, -0.2) is 20.9 Å². The van der Waals surface area contributed by atoms with Crippen LogP contribution < -0.4 is 5.32 Å². The van der Waals surface area contributed by atoms with Crippen LogP contribution in [0.25, 0.3) is 10.9 Å². The molecule has 2 aromatic heterocycles. The van der Waals surface area contributed by atoms with Gasteiger partial charge in [0.15, 0.2) is 0 Å². The predicted molar refractivity (Wildman–Crippen MR) is 71.7 cm³/mol. The topological polar surface area (TPSA) is 67.8 Å². The smallest absolute Gasteiger partial charge is 0.258 e. The quantitative estimate of drug-likeness (QED) is 0.757. The largest absolute Gasteiger partial charge is 0.320 e. The van der Waals surface area contributed by atoms with Crippen LogP contribution in [0, 0.1) is 0 Å². The van der Waals surface area contributed by atoms with Gasteiger partial charge in [0.2, 0.25) is 0 Å². The van der Waals surface area contributed by atoms with Gasteiger partial charge in [0.25, 0.3) is 5.91 Å². The minimum atomic E-state index is -0.251. The van der Waals surface area contributed by atoms with Gasteiger partial charge in [-0.3, -0.25) is 9.78 Å². The second-order valence-corrected chi connectivity index (χ2v) is 3.96. The number of aromatic nitrogens is 3. The fourth-order valence-corrected chi connectivity index (χ4v) is 1.82. The molecule has 92 valence electrons. The molecule has 5 heteroatoms. The number of fused-ring (bicyclic) bond motifs is 1. The van der Waals surface area contributed by atoms with E-state index in [1.165, 1.54) is 18.7 Å². The van der Waals surface area contributed by atoms with Gasteiger partial charge >= 0.3 is 0 Å². The first kappa shape index (κ1) is 11.3. The summed E-state index contributed by atoms with van der Waals surface area (Å²) in [6.07, 6.45) is 6.03. The maximum absolute atomic E-state index is 12.0. The maximum Gasteiger partial charge on any atom is 0.258 e. The third-order valence-electron chi connectivity index (χ3n) is 2.70. The summed E-state index contributed by atoms with van der Waals surface area (Å²) in [5.41, 5.74) is 1.84. The standard InChI is InChI=1S/C14H10N4O/c19-14(11-7-15-9-16-8-11)18-12-5-1-3-10-4-2-6-17-13(10)12/h1-9H,(H,18,19). The van der Waals surface area contributed by atoms with Crippen molar-refractivity contribution in [2.45, 2.75) is 0 Å². The van der Waals surface area contributed by atoms with Gasteiger partial charge in [-0.1, -0.05) is 18.2 Å². The van der Waals surface area contributed by atoms with Crippen molar-refractivity contribution in [1.82, 2.24) is 15.0 Å². The molecule has 1 N–H and O–H groups in total. The van der Waals surface area contributed by atoms with Gasteiger partial charge < -0.3 is 5.32 Å². The lowest BCUT2D eigenvalue weighted by molar-refractivity contribution is 0.102. The van der Waals surface area contributed by atoms with Crippen LogP contribution in [-0.2, 0) is 0 Å². The molecule has 0 radical (unpaired) electrons. The molecule has 0 saturated carbocycles. The number of rotatable bonds is 2. The van der Waals surface area contributed by atoms with Gasteiger partial charge in [0.1, 0.15) is 6.33 Å². The van der Waals surface area contributed by atoms with Gasteiger partial charge in [-0.25, -0.2) is 9.97 Å². The summed E-state index contributed by atoms with van der Waals surface area (Å²) >= 11 is 0. The molecule has 0 aliphatic rings. The van der Waals surface area contributed by atoms with Crippen LogP contribution in [0.5, 0.6) is 0 Å². The number of benzene rings is 1. The zero-order valence-corrected chi connectivity index (χ0v) is 9.95. The Morgan fingerprint density at radius 2 is 1.84 bits per heavy atom. The van der Waals surface area contributed by atoms with E-state index in [1.807, 2.05) is 30.3 Å². The highest BCUT2D eigenvalue weighted by atomic mass is 16.1. The molecule has 2 heterocycles. The molecule has 1 amide bonds. The SMILES string of the molecule is O=C(Nc1cccc2cccnc12)c1cncnc1. The normalized spacial score (nSPS) is 10.3. The van der Waals surface area contributed by atoms with Gasteiger partial charge in [0.05, 0.1) is 16.8 Å². The van der Waals surface area contributed by atoms with E-state index in [9.17, 15) is 4.79 Å². The molecule has 0 fully saturated rings. The van der Waals surface area contributed by atoms with E-state index < -0.39 is 0 Å². The summed E-state index contributed by atoms with van der Waals surface area (Å²) in [6.45, 7) is 0. The third-order valence-corrected chi connectivity index (χ3v) is 2.70. The van der Waals surface area contributed by atoms with Crippen molar-refractivity contribution in [3.63, 3.8) is 0 Å². The highest BCUT2D eigenvalue weighted by molar-refractivity contribution is 6.07. The van der Waals surface area contributed by atoms with E-state index in [1.54, 1.807) is 6.20 Å². The summed E-state index contributed by atoms with van der Waals surface area (Å²) < 4.78 is 0. The Hall–Kier alpha value is -2.82. The zero-order valence-electron chi connectivity index (χ0n) is 9.95. The Labute approximate surface area is 109 Å². The molecule has 0 aliphatic heterocycles. The molecule has 19 heavy (non-hydrogen) atoms. The molecule has 1 aromatic carbocycles. The van der Waals surface area contributed by atoms with E-state index in [-0.39, 0.29) is 5.91 Å². The second kappa shape index (κ2) is 4.81. The minimum Gasteiger partial charge on any atom is -0.320 e. The van der Waals surface area contributed by atoms with Crippen LogP contribution in [0.1, 0.15) is 10.4 Å². The third kappa shape index (κ3) is 2.26. The first-order valence-electron chi connectivity index (χ1n) is 5.75. The lowest BCUT2D eigenvalue weighted by Gasteiger charge is -2.07. The lowest BCUT2D eigenvalue weighted by Crippen LogP contribution is -2.12. The van der Waals surface area contributed by atoms with Crippen molar-refractivity contribution >= 4 is 22.5 Å². The summed E-state index contributed by atoms with van der Waals surface area (Å²) in [5, 5.41) is 3.80. The Morgan fingerprint density at radius 3 is 2.68 bits per heavy atom. The van der Waals surface area contributed by atoms with Crippen molar-refractivity contribution < 1.29 is 4.79 Å². The van der Waals surface area contributed by atoms with Crippen molar-refractivity contribution in [2.24, 2.45) is 0 Å². The first-order valence-corrected chi connectivity index (χ1v) is 5.75. The number of hydrogen-bond acceptors (Lipinski definition) is 4. The summed E-state index contributed by atoms with van der Waals surface area (Å²) in [4.78, 5) is 24.0. The predicted octanol–water partition coefficient (Wildman–Crippen LogP) is 2.28. The number of pyridine rings is 1. The van der Waals surface area contributed by atoms with Crippen molar-refractivity contribution in [2.75, 3.05) is 5.32 Å². The number of hydrogen-bond donors (Lipinski definition) is 1. The van der Waals surface area contributed by atoms with E-state index in [0.717, 1.165) is 10.9 Å². The summed E-state index contributed by atoms with van der Waals surface area (Å²) in [5.74, 6) is -0.251. The van der Waals surface area contributed by atoms with E-state index >= 15 is 0 Å². The average Bonchev–Trinajstić information content (AvgIpc) is 2.48. The summed E-state index contributed by atoms with van der Waals surface area (Å²) in [6, 6.07) is 9.45. The van der Waals surface area contributed by atoms with Crippen LogP contribution in [0.15, 0.2) is 55.2 Å². The molecule has 0 unspecified atom stereocenters. The highest BCUT2D eigenvalue weighted by Gasteiger charge is 2.08. The minimum absolute atomic E-state index is 0.251. The molecule has 3 rings (SSSR count). The molecular weight excluding hydrogens is 240 g/mol. The Morgan fingerprint density at radius 1 is 1.05 bits per heavy atom. The Bertz CT molecular complexity index is 722. The van der Waals surface area contributed by atoms with Crippen molar-refractivity contribution in [3.8, 4) is 0 Å². The molecule has 5 nitrogen and oxygen atoms in total. The van der Waals surface area contributed by atoms with Gasteiger partial charge in [0, 0.05) is 24.0 Å². The van der Waals surface area contributed by atoms with Crippen molar-refractivity contribution in [3.05, 3.63) is 60.8 Å². The van der Waals surface area contributed by atoms with E-state index in [0.29, 0.717) is 11.3 Å². The fraction of sp³-hybridized carbons (Fsp3) is 0.